The van der Waals surface area contributed by atoms with Crippen LogP contribution < -0.4 is 5.32 Å². The molecule has 0 aromatic rings. The predicted molar refractivity (Wildman–Crippen MR) is 36.2 cm³/mol. The molecule has 0 amide bonds. The number of hydrogen-bond acceptors (Lipinski definition) is 1. The Labute approximate surface area is 55.6 Å². The van der Waals surface area contributed by atoms with Crippen LogP contribution in [0.25, 0.3) is 0 Å². The van der Waals surface area contributed by atoms with E-state index >= 15 is 0 Å². The smallest absolute Gasteiger partial charge is 0.0894 e. The molecule has 1 rings (SSSR count). The largest absolute Gasteiger partial charge is 0.314 e. The summed E-state index contributed by atoms with van der Waals surface area (Å²) in [7, 11) is 0. The highest BCUT2D eigenvalue weighted by atomic mass is 19.1. The number of rotatable bonds is 5. The van der Waals surface area contributed by atoms with Crippen LogP contribution in [0.4, 0.5) is 4.39 Å². The van der Waals surface area contributed by atoms with Gasteiger partial charge in [0.05, 0.1) is 6.67 Å². The summed E-state index contributed by atoms with van der Waals surface area (Å²) in [5, 5.41) is 3.32. The summed E-state index contributed by atoms with van der Waals surface area (Å²) in [6.45, 7) is 0.848. The molecule has 0 saturated heterocycles. The van der Waals surface area contributed by atoms with Crippen LogP contribution in [0, 0.1) is 0 Å². The van der Waals surface area contributed by atoms with Crippen molar-refractivity contribution in [2.45, 2.75) is 31.7 Å². The average molecular weight is 131 g/mol. The molecule has 9 heavy (non-hydrogen) atoms. The quantitative estimate of drug-likeness (QED) is 0.557. The van der Waals surface area contributed by atoms with Crippen molar-refractivity contribution in [3.05, 3.63) is 0 Å². The van der Waals surface area contributed by atoms with E-state index in [9.17, 15) is 4.39 Å². The van der Waals surface area contributed by atoms with E-state index in [1.54, 1.807) is 0 Å². The molecule has 0 radical (unpaired) electrons. The van der Waals surface area contributed by atoms with Gasteiger partial charge in [-0.25, -0.2) is 0 Å². The molecule has 0 aromatic heterocycles. The van der Waals surface area contributed by atoms with E-state index in [1.165, 1.54) is 12.8 Å². The maximum absolute atomic E-state index is 11.5. The molecule has 1 aliphatic carbocycles. The number of nitrogens with one attached hydrogen (secondary N) is 1. The molecule has 0 atom stereocenters. The lowest BCUT2D eigenvalue weighted by Gasteiger charge is -1.98. The Kier molecular flexibility index (Phi) is 2.98. The molecule has 0 aromatic carbocycles. The monoisotopic (exact) mass is 131 g/mol. The molecule has 1 fully saturated rings. The molecular weight excluding hydrogens is 117 g/mol. The molecule has 0 aliphatic heterocycles. The fraction of sp³-hybridized carbons (Fsp3) is 1.00. The predicted octanol–water partition coefficient (Wildman–Crippen LogP) is 1.49. The molecule has 1 nitrogen and oxygen atoms in total. The van der Waals surface area contributed by atoms with Crippen LogP contribution in [0.1, 0.15) is 25.7 Å². The molecule has 0 spiro atoms. The van der Waals surface area contributed by atoms with Crippen molar-refractivity contribution in [2.24, 2.45) is 0 Å². The number of alkyl halides is 1. The van der Waals surface area contributed by atoms with Crippen molar-refractivity contribution < 1.29 is 4.39 Å². The summed E-state index contributed by atoms with van der Waals surface area (Å²) in [5.74, 6) is 0. The van der Waals surface area contributed by atoms with Crippen molar-refractivity contribution in [2.75, 3.05) is 13.2 Å². The third-order valence-corrected chi connectivity index (χ3v) is 1.57. The Morgan fingerprint density at radius 2 is 2.11 bits per heavy atom. The second-order valence-electron chi connectivity index (χ2n) is 2.62. The van der Waals surface area contributed by atoms with Crippen LogP contribution in [0.2, 0.25) is 0 Å². The van der Waals surface area contributed by atoms with Crippen molar-refractivity contribution in [3.8, 4) is 0 Å². The van der Waals surface area contributed by atoms with Gasteiger partial charge in [-0.3, -0.25) is 4.39 Å². The first-order chi connectivity index (χ1) is 4.43. The van der Waals surface area contributed by atoms with E-state index in [-0.39, 0.29) is 6.67 Å². The highest BCUT2D eigenvalue weighted by Crippen LogP contribution is 2.18. The Balaban J connectivity index is 1.71. The standard InChI is InChI=1S/C7H14FN/c8-5-1-2-6-9-7-3-4-7/h7,9H,1-6H2. The zero-order chi connectivity index (χ0) is 6.53. The fourth-order valence-electron chi connectivity index (χ4n) is 0.813. The van der Waals surface area contributed by atoms with E-state index in [0.29, 0.717) is 0 Å². The summed E-state index contributed by atoms with van der Waals surface area (Å²) < 4.78 is 11.5. The molecule has 2 heteroatoms. The first kappa shape index (κ1) is 7.00. The summed E-state index contributed by atoms with van der Waals surface area (Å²) in [4.78, 5) is 0. The third-order valence-electron chi connectivity index (χ3n) is 1.57. The third kappa shape index (κ3) is 3.46. The van der Waals surface area contributed by atoms with Gasteiger partial charge in [0.15, 0.2) is 0 Å². The highest BCUT2D eigenvalue weighted by Gasteiger charge is 2.19. The molecule has 1 aliphatic rings. The zero-order valence-corrected chi connectivity index (χ0v) is 5.70. The van der Waals surface area contributed by atoms with Gasteiger partial charge in [-0.2, -0.15) is 0 Å². The minimum absolute atomic E-state index is 0.160. The Hall–Kier alpha value is -0.110. The van der Waals surface area contributed by atoms with Crippen molar-refractivity contribution in [1.82, 2.24) is 5.32 Å². The van der Waals surface area contributed by atoms with Crippen LogP contribution in [0.5, 0.6) is 0 Å². The molecule has 1 saturated carbocycles. The molecule has 1 N–H and O–H groups in total. The van der Waals surface area contributed by atoms with Gasteiger partial charge in [-0.05, 0) is 32.2 Å². The Bertz CT molecular complexity index is 71.3. The van der Waals surface area contributed by atoms with Crippen LogP contribution in [-0.2, 0) is 0 Å². The van der Waals surface area contributed by atoms with E-state index in [2.05, 4.69) is 5.32 Å². The molecule has 0 unspecified atom stereocenters. The minimum atomic E-state index is -0.160. The van der Waals surface area contributed by atoms with Crippen LogP contribution in [-0.4, -0.2) is 19.3 Å². The molecule has 0 heterocycles. The summed E-state index contributed by atoms with van der Waals surface area (Å²) in [6, 6.07) is 0.782. The van der Waals surface area contributed by atoms with Gasteiger partial charge < -0.3 is 5.32 Å². The van der Waals surface area contributed by atoms with Gasteiger partial charge >= 0.3 is 0 Å². The van der Waals surface area contributed by atoms with Crippen molar-refractivity contribution >= 4 is 0 Å². The lowest BCUT2D eigenvalue weighted by Crippen LogP contribution is -2.17. The first-order valence-electron chi connectivity index (χ1n) is 3.73. The van der Waals surface area contributed by atoms with E-state index in [0.717, 1.165) is 25.4 Å². The van der Waals surface area contributed by atoms with Gasteiger partial charge in [-0.15, -0.1) is 0 Å². The number of hydrogen-bond donors (Lipinski definition) is 1. The van der Waals surface area contributed by atoms with Gasteiger partial charge in [0.25, 0.3) is 0 Å². The fourth-order valence-corrected chi connectivity index (χ4v) is 0.813. The summed E-state index contributed by atoms with van der Waals surface area (Å²) in [5.41, 5.74) is 0. The van der Waals surface area contributed by atoms with Gasteiger partial charge in [-0.1, -0.05) is 0 Å². The molecule has 54 valence electrons. The van der Waals surface area contributed by atoms with Gasteiger partial charge in [0.1, 0.15) is 0 Å². The van der Waals surface area contributed by atoms with Crippen molar-refractivity contribution in [3.63, 3.8) is 0 Å². The SMILES string of the molecule is FCCCCNC1CC1. The zero-order valence-electron chi connectivity index (χ0n) is 5.70. The molecular formula is C7H14FN. The minimum Gasteiger partial charge on any atom is -0.314 e. The topological polar surface area (TPSA) is 12.0 Å². The highest BCUT2D eigenvalue weighted by molar-refractivity contribution is 4.80. The average Bonchev–Trinajstić information content (AvgIpc) is 2.63. The van der Waals surface area contributed by atoms with E-state index in [1.807, 2.05) is 0 Å². The Morgan fingerprint density at radius 3 is 2.67 bits per heavy atom. The number of unbranched alkanes of at least 4 members (excludes halogenated alkanes) is 1. The normalized spacial score (nSPS) is 18.3. The van der Waals surface area contributed by atoms with Crippen LogP contribution >= 0.6 is 0 Å². The van der Waals surface area contributed by atoms with Crippen LogP contribution in [0.3, 0.4) is 0 Å². The maximum Gasteiger partial charge on any atom is 0.0894 e. The van der Waals surface area contributed by atoms with E-state index < -0.39 is 0 Å². The second kappa shape index (κ2) is 3.83. The van der Waals surface area contributed by atoms with Crippen molar-refractivity contribution in [1.29, 1.82) is 0 Å². The van der Waals surface area contributed by atoms with E-state index in [4.69, 9.17) is 0 Å². The lowest BCUT2D eigenvalue weighted by molar-refractivity contribution is 0.454. The number of halogens is 1. The second-order valence-corrected chi connectivity index (χ2v) is 2.62. The first-order valence-corrected chi connectivity index (χ1v) is 3.73. The summed E-state index contributed by atoms with van der Waals surface area (Å²) in [6.07, 6.45) is 4.37. The van der Waals surface area contributed by atoms with Crippen LogP contribution in [0.15, 0.2) is 0 Å². The van der Waals surface area contributed by atoms with Gasteiger partial charge in [0.2, 0.25) is 0 Å². The summed E-state index contributed by atoms with van der Waals surface area (Å²) >= 11 is 0. The maximum atomic E-state index is 11.5. The van der Waals surface area contributed by atoms with Gasteiger partial charge in [0, 0.05) is 6.04 Å². The molecule has 0 bridgehead atoms. The lowest BCUT2D eigenvalue weighted by atomic mass is 10.3. The Morgan fingerprint density at radius 1 is 1.33 bits per heavy atom.